The van der Waals surface area contributed by atoms with E-state index in [0.29, 0.717) is 11.0 Å². The van der Waals surface area contributed by atoms with E-state index in [2.05, 4.69) is 11.9 Å². The predicted octanol–water partition coefficient (Wildman–Crippen LogP) is 2.67. The van der Waals surface area contributed by atoms with Gasteiger partial charge in [-0.05, 0) is 36.2 Å². The first-order chi connectivity index (χ1) is 16.4. The maximum atomic E-state index is 12.0. The van der Waals surface area contributed by atoms with Crippen molar-refractivity contribution in [2.24, 2.45) is 0 Å². The first-order valence-electron chi connectivity index (χ1n) is 10.6. The molecule has 0 aliphatic carbocycles. The number of amides is 1. The number of hydrogen-bond acceptors (Lipinski definition) is 10. The van der Waals surface area contributed by atoms with Crippen LogP contribution in [0.2, 0.25) is 0 Å². The van der Waals surface area contributed by atoms with Gasteiger partial charge in [0.1, 0.15) is 30.8 Å². The molecular formula is C23H33NO8S2. The molecule has 1 N–H and O–H groups in total. The number of ether oxygens (including phenoxy) is 7. The van der Waals surface area contributed by atoms with Crippen molar-refractivity contribution in [1.82, 2.24) is 5.32 Å². The molecule has 0 saturated carbocycles. The van der Waals surface area contributed by atoms with Crippen molar-refractivity contribution in [3.8, 4) is 5.75 Å². The summed E-state index contributed by atoms with van der Waals surface area (Å²) in [6.45, 7) is 5.79. The number of carbonyl (C=O) groups excluding carboxylic acids is 1. The SMILES string of the molecule is C=CCOC1OC(COCc2ccc(OC)cc2)C(OC(=S)SC)C(OCOC)C1NC(C)=O. The smallest absolute Gasteiger partial charge is 0.220 e. The molecule has 1 saturated heterocycles. The molecule has 5 atom stereocenters. The van der Waals surface area contributed by atoms with Gasteiger partial charge in [-0.2, -0.15) is 0 Å². The Morgan fingerprint density at radius 1 is 1.24 bits per heavy atom. The molecule has 0 aromatic heterocycles. The van der Waals surface area contributed by atoms with E-state index in [1.165, 1.54) is 25.8 Å². The molecule has 1 aromatic rings. The fourth-order valence-corrected chi connectivity index (χ4v) is 3.71. The summed E-state index contributed by atoms with van der Waals surface area (Å²) in [5.74, 6) is 0.495. The number of rotatable bonds is 13. The van der Waals surface area contributed by atoms with Crippen LogP contribution in [0, 0.1) is 0 Å². The van der Waals surface area contributed by atoms with Crippen LogP contribution in [0.25, 0.3) is 0 Å². The standard InChI is InChI=1S/C23H33NO8S2/c1-6-11-29-22-19(24-15(2)25)21(30-14-26-3)20(32-23(33)34-5)18(31-22)13-28-12-16-7-9-17(27-4)10-8-16/h6-10,18-22H,1,11-14H2,2-5H3,(H,24,25). The third-order valence-corrected chi connectivity index (χ3v) is 5.91. The quantitative estimate of drug-likeness (QED) is 0.240. The molecule has 1 heterocycles. The van der Waals surface area contributed by atoms with Gasteiger partial charge in [-0.1, -0.05) is 30.0 Å². The zero-order valence-electron chi connectivity index (χ0n) is 19.9. The highest BCUT2D eigenvalue weighted by Gasteiger charge is 2.49. The van der Waals surface area contributed by atoms with Gasteiger partial charge in [0.15, 0.2) is 12.4 Å². The number of benzene rings is 1. The van der Waals surface area contributed by atoms with Gasteiger partial charge in [-0.15, -0.1) is 6.58 Å². The number of methoxy groups -OCH3 is 2. The second kappa shape index (κ2) is 15.3. The van der Waals surface area contributed by atoms with Gasteiger partial charge in [-0.25, -0.2) is 0 Å². The minimum absolute atomic E-state index is 0.0275. The molecule has 2 rings (SSSR count). The van der Waals surface area contributed by atoms with Crippen LogP contribution >= 0.6 is 24.0 Å². The summed E-state index contributed by atoms with van der Waals surface area (Å²) in [4.78, 5) is 12.0. The van der Waals surface area contributed by atoms with E-state index in [-0.39, 0.29) is 25.9 Å². The molecule has 11 heteroatoms. The lowest BCUT2D eigenvalue weighted by Gasteiger charge is -2.45. The fourth-order valence-electron chi connectivity index (χ4n) is 3.39. The summed E-state index contributed by atoms with van der Waals surface area (Å²) >= 11 is 6.59. The molecule has 1 aromatic carbocycles. The molecule has 1 aliphatic rings. The van der Waals surface area contributed by atoms with Gasteiger partial charge in [0.25, 0.3) is 0 Å². The lowest BCUT2D eigenvalue weighted by atomic mass is 9.96. The van der Waals surface area contributed by atoms with E-state index in [1.54, 1.807) is 13.2 Å². The van der Waals surface area contributed by atoms with Crippen LogP contribution in [0.15, 0.2) is 36.9 Å². The van der Waals surface area contributed by atoms with Crippen molar-refractivity contribution >= 4 is 34.3 Å². The summed E-state index contributed by atoms with van der Waals surface area (Å²) in [6.07, 6.45) is 0.595. The third kappa shape index (κ3) is 8.81. The Morgan fingerprint density at radius 3 is 2.56 bits per heavy atom. The minimum Gasteiger partial charge on any atom is -0.497 e. The van der Waals surface area contributed by atoms with Gasteiger partial charge >= 0.3 is 0 Å². The van der Waals surface area contributed by atoms with E-state index < -0.39 is 30.6 Å². The molecular weight excluding hydrogens is 482 g/mol. The fraction of sp³-hybridized carbons (Fsp3) is 0.565. The lowest BCUT2D eigenvalue weighted by Crippen LogP contribution is -2.66. The summed E-state index contributed by atoms with van der Waals surface area (Å²) in [6, 6.07) is 6.89. The van der Waals surface area contributed by atoms with E-state index in [1.807, 2.05) is 30.5 Å². The first-order valence-corrected chi connectivity index (χ1v) is 12.3. The van der Waals surface area contributed by atoms with Crippen molar-refractivity contribution in [2.45, 2.75) is 44.2 Å². The van der Waals surface area contributed by atoms with Crippen LogP contribution in [0.3, 0.4) is 0 Å². The highest BCUT2D eigenvalue weighted by Crippen LogP contribution is 2.29. The Morgan fingerprint density at radius 2 is 1.97 bits per heavy atom. The van der Waals surface area contributed by atoms with Crippen molar-refractivity contribution in [2.75, 3.05) is 40.5 Å². The average molecular weight is 516 g/mol. The monoisotopic (exact) mass is 515 g/mol. The summed E-state index contributed by atoms with van der Waals surface area (Å²) in [5.41, 5.74) is 0.969. The van der Waals surface area contributed by atoms with E-state index in [0.717, 1.165) is 11.3 Å². The topological polar surface area (TPSA) is 93.7 Å². The van der Waals surface area contributed by atoms with Crippen LogP contribution in [0.4, 0.5) is 0 Å². The Kier molecular flexibility index (Phi) is 12.8. The molecule has 1 aliphatic heterocycles. The third-order valence-electron chi connectivity index (χ3n) is 4.88. The second-order valence-electron chi connectivity index (χ2n) is 7.33. The zero-order valence-corrected chi connectivity index (χ0v) is 21.5. The number of thiocarbonyl (C=S) groups is 1. The Hall–Kier alpha value is -1.73. The van der Waals surface area contributed by atoms with E-state index in [9.17, 15) is 4.79 Å². The molecule has 5 unspecified atom stereocenters. The zero-order chi connectivity index (χ0) is 24.9. The van der Waals surface area contributed by atoms with Gasteiger partial charge in [0, 0.05) is 14.0 Å². The van der Waals surface area contributed by atoms with Crippen molar-refractivity contribution < 1.29 is 38.0 Å². The van der Waals surface area contributed by atoms with Gasteiger partial charge in [-0.3, -0.25) is 4.79 Å². The predicted molar refractivity (Wildman–Crippen MR) is 133 cm³/mol. The van der Waals surface area contributed by atoms with Crippen LogP contribution in [0.5, 0.6) is 5.75 Å². The molecule has 0 radical (unpaired) electrons. The van der Waals surface area contributed by atoms with Crippen LogP contribution in [-0.4, -0.2) is 81.4 Å². The minimum atomic E-state index is -0.832. The highest BCUT2D eigenvalue weighted by molar-refractivity contribution is 8.22. The maximum Gasteiger partial charge on any atom is 0.220 e. The second-order valence-corrected chi connectivity index (χ2v) is 8.74. The number of nitrogens with one attached hydrogen (secondary N) is 1. The van der Waals surface area contributed by atoms with Crippen molar-refractivity contribution in [3.63, 3.8) is 0 Å². The largest absolute Gasteiger partial charge is 0.497 e. The van der Waals surface area contributed by atoms with Gasteiger partial charge in [0.2, 0.25) is 10.3 Å². The van der Waals surface area contributed by atoms with Crippen LogP contribution in [0.1, 0.15) is 12.5 Å². The van der Waals surface area contributed by atoms with Gasteiger partial charge in [0.05, 0.1) is 26.9 Å². The highest BCUT2D eigenvalue weighted by atomic mass is 32.2. The molecule has 9 nitrogen and oxygen atoms in total. The normalized spacial score (nSPS) is 24.3. The molecule has 0 spiro atoms. The Balaban J connectivity index is 2.23. The summed E-state index contributed by atoms with van der Waals surface area (Å²) in [7, 11) is 3.13. The van der Waals surface area contributed by atoms with Gasteiger partial charge < -0.3 is 38.5 Å². The molecule has 1 fully saturated rings. The van der Waals surface area contributed by atoms with Crippen LogP contribution < -0.4 is 10.1 Å². The lowest BCUT2D eigenvalue weighted by molar-refractivity contribution is -0.281. The first kappa shape index (κ1) is 28.5. The van der Waals surface area contributed by atoms with E-state index in [4.69, 9.17) is 45.4 Å². The Labute approximate surface area is 210 Å². The van der Waals surface area contributed by atoms with Crippen LogP contribution in [-0.2, 0) is 39.8 Å². The average Bonchev–Trinajstić information content (AvgIpc) is 2.83. The number of hydrogen-bond donors (Lipinski definition) is 1. The maximum absolute atomic E-state index is 12.0. The number of carbonyl (C=O) groups is 1. The number of thioether (sulfide) groups is 1. The van der Waals surface area contributed by atoms with Crippen molar-refractivity contribution in [3.05, 3.63) is 42.5 Å². The molecule has 34 heavy (non-hydrogen) atoms. The molecule has 190 valence electrons. The summed E-state index contributed by atoms with van der Waals surface area (Å²) in [5, 5.41) is 2.85. The summed E-state index contributed by atoms with van der Waals surface area (Å²) < 4.78 is 40.6. The molecule has 0 bridgehead atoms. The van der Waals surface area contributed by atoms with Crippen molar-refractivity contribution in [1.29, 1.82) is 0 Å². The van der Waals surface area contributed by atoms with E-state index >= 15 is 0 Å². The Bertz CT molecular complexity index is 779. The molecule has 1 amide bonds.